The fourth-order valence-electron chi connectivity index (χ4n) is 1.93. The molecule has 0 saturated carbocycles. The maximum absolute atomic E-state index is 13.4. The van der Waals surface area contributed by atoms with Crippen LogP contribution < -0.4 is 10.6 Å². The van der Waals surface area contributed by atoms with Crippen molar-refractivity contribution in [3.05, 3.63) is 41.3 Å². The van der Waals surface area contributed by atoms with Crippen molar-refractivity contribution in [2.75, 3.05) is 11.9 Å². The smallest absolute Gasteiger partial charge is 0.243 e. The predicted molar refractivity (Wildman–Crippen MR) is 79.9 cm³/mol. The topological polar surface area (TPSA) is 97.1 Å². The van der Waals surface area contributed by atoms with Crippen molar-refractivity contribution in [1.82, 2.24) is 15.5 Å². The van der Waals surface area contributed by atoms with E-state index in [1.165, 1.54) is 0 Å². The Morgan fingerprint density at radius 3 is 2.60 bits per heavy atom. The number of hydrogen-bond donors (Lipinski definition) is 2. The van der Waals surface area contributed by atoms with Crippen LogP contribution >= 0.6 is 0 Å². The molecule has 0 radical (unpaired) electrons. The van der Waals surface area contributed by atoms with Gasteiger partial charge < -0.3 is 15.2 Å². The number of carbonyl (C=O) groups excluding carboxylic acids is 2. The van der Waals surface area contributed by atoms with Crippen molar-refractivity contribution in [1.29, 1.82) is 0 Å². The fraction of sp³-hybridized carbons (Fsp3) is 0.333. The summed E-state index contributed by atoms with van der Waals surface area (Å²) in [6.07, 6.45) is 0.974. The molecule has 134 valence electrons. The van der Waals surface area contributed by atoms with Crippen LogP contribution in [0.5, 0.6) is 0 Å². The van der Waals surface area contributed by atoms with Crippen LogP contribution in [0.4, 0.5) is 18.9 Å². The third-order valence-corrected chi connectivity index (χ3v) is 3.12. The molecule has 2 amide bonds. The van der Waals surface area contributed by atoms with Gasteiger partial charge in [-0.05, 0) is 25.5 Å². The van der Waals surface area contributed by atoms with Crippen LogP contribution in [0.1, 0.15) is 24.6 Å². The minimum atomic E-state index is -1.68. The Balaban J connectivity index is 1.72. The fourth-order valence-corrected chi connectivity index (χ4v) is 1.93. The maximum atomic E-state index is 13.4. The molecule has 2 aromatic rings. The van der Waals surface area contributed by atoms with Gasteiger partial charge >= 0.3 is 0 Å². The summed E-state index contributed by atoms with van der Waals surface area (Å²) < 4.78 is 44.1. The summed E-state index contributed by atoms with van der Waals surface area (Å²) in [4.78, 5) is 27.2. The first kappa shape index (κ1) is 18.4. The van der Waals surface area contributed by atoms with Crippen molar-refractivity contribution in [3.8, 4) is 0 Å². The van der Waals surface area contributed by atoms with Crippen molar-refractivity contribution >= 4 is 17.5 Å². The lowest BCUT2D eigenvalue weighted by Gasteiger charge is -2.08. The molecule has 1 aromatic carbocycles. The van der Waals surface area contributed by atoms with Gasteiger partial charge in [-0.15, -0.1) is 0 Å². The largest absolute Gasteiger partial charge is 0.347 e. The molecule has 25 heavy (non-hydrogen) atoms. The Labute approximate surface area is 140 Å². The van der Waals surface area contributed by atoms with E-state index in [2.05, 4.69) is 15.5 Å². The standard InChI is InChI=1S/C15H15F3N4O3/c1-8-20-13(25-22-8)4-2-3-11(23)19-7-12(24)21-10-6-5-9(16)14(17)15(10)18/h5-6H,2-4,7H2,1H3,(H,19,23)(H,21,24). The molecule has 0 aliphatic heterocycles. The minimum Gasteiger partial charge on any atom is -0.347 e. The summed E-state index contributed by atoms with van der Waals surface area (Å²) in [5, 5.41) is 7.99. The van der Waals surface area contributed by atoms with E-state index in [0.29, 0.717) is 30.6 Å². The van der Waals surface area contributed by atoms with Crippen LogP contribution in [-0.2, 0) is 16.0 Å². The second-order valence-corrected chi connectivity index (χ2v) is 5.14. The number of aromatic nitrogens is 2. The molecule has 0 saturated heterocycles. The zero-order valence-electron chi connectivity index (χ0n) is 13.2. The molecule has 2 N–H and O–H groups in total. The van der Waals surface area contributed by atoms with Crippen molar-refractivity contribution in [3.63, 3.8) is 0 Å². The van der Waals surface area contributed by atoms with Crippen LogP contribution in [0, 0.1) is 24.4 Å². The van der Waals surface area contributed by atoms with Gasteiger partial charge in [0.1, 0.15) is 0 Å². The number of benzene rings is 1. The van der Waals surface area contributed by atoms with E-state index in [9.17, 15) is 22.8 Å². The van der Waals surface area contributed by atoms with Gasteiger partial charge in [0.2, 0.25) is 17.7 Å². The summed E-state index contributed by atoms with van der Waals surface area (Å²) in [6, 6.07) is 1.58. The molecule has 1 aromatic heterocycles. The monoisotopic (exact) mass is 356 g/mol. The summed E-state index contributed by atoms with van der Waals surface area (Å²) >= 11 is 0. The Kier molecular flexibility index (Phi) is 6.09. The first-order chi connectivity index (χ1) is 11.9. The first-order valence-electron chi connectivity index (χ1n) is 7.36. The number of nitrogens with one attached hydrogen (secondary N) is 2. The number of amides is 2. The summed E-state index contributed by atoms with van der Waals surface area (Å²) in [7, 11) is 0. The Morgan fingerprint density at radius 2 is 1.92 bits per heavy atom. The molecule has 0 spiro atoms. The highest BCUT2D eigenvalue weighted by Gasteiger charge is 2.15. The molecule has 0 fully saturated rings. The predicted octanol–water partition coefficient (Wildman–Crippen LogP) is 1.87. The van der Waals surface area contributed by atoms with Gasteiger partial charge in [0.25, 0.3) is 0 Å². The average Bonchev–Trinajstić information content (AvgIpc) is 2.99. The molecule has 0 aliphatic carbocycles. The van der Waals surface area contributed by atoms with E-state index >= 15 is 0 Å². The number of nitrogens with zero attached hydrogens (tertiary/aromatic N) is 2. The normalized spacial score (nSPS) is 10.6. The number of rotatable bonds is 7. The highest BCUT2D eigenvalue weighted by atomic mass is 19.2. The van der Waals surface area contributed by atoms with E-state index in [-0.39, 0.29) is 6.42 Å². The number of halogens is 3. The van der Waals surface area contributed by atoms with Gasteiger partial charge in [-0.3, -0.25) is 9.59 Å². The van der Waals surface area contributed by atoms with E-state index in [0.717, 1.165) is 6.07 Å². The molecule has 0 atom stereocenters. The third kappa shape index (κ3) is 5.30. The Morgan fingerprint density at radius 1 is 1.16 bits per heavy atom. The molecule has 7 nitrogen and oxygen atoms in total. The molecular weight excluding hydrogens is 341 g/mol. The Hall–Kier alpha value is -2.91. The van der Waals surface area contributed by atoms with E-state index in [1.54, 1.807) is 6.92 Å². The van der Waals surface area contributed by atoms with Crippen LogP contribution in [0.25, 0.3) is 0 Å². The molecular formula is C15H15F3N4O3. The summed E-state index contributed by atoms with van der Waals surface area (Å²) in [6.45, 7) is 1.24. The van der Waals surface area contributed by atoms with E-state index in [1.807, 2.05) is 5.32 Å². The molecule has 2 rings (SSSR count). The number of aryl methyl sites for hydroxylation is 2. The lowest BCUT2D eigenvalue weighted by atomic mass is 10.2. The van der Waals surface area contributed by atoms with E-state index < -0.39 is 41.5 Å². The second kappa shape index (κ2) is 8.27. The Bertz CT molecular complexity index is 779. The van der Waals surface area contributed by atoms with Crippen LogP contribution in [-0.4, -0.2) is 28.5 Å². The number of anilines is 1. The average molecular weight is 356 g/mol. The van der Waals surface area contributed by atoms with Crippen molar-refractivity contribution < 1.29 is 27.3 Å². The summed E-state index contributed by atoms with van der Waals surface area (Å²) in [5.74, 6) is -4.81. The molecule has 0 unspecified atom stereocenters. The van der Waals surface area contributed by atoms with Gasteiger partial charge in [0.15, 0.2) is 23.3 Å². The molecule has 1 heterocycles. The zero-order chi connectivity index (χ0) is 18.4. The number of carbonyl (C=O) groups is 2. The minimum absolute atomic E-state index is 0.119. The van der Waals surface area contributed by atoms with E-state index in [4.69, 9.17) is 4.52 Å². The lowest BCUT2D eigenvalue weighted by molar-refractivity contribution is -0.124. The first-order valence-corrected chi connectivity index (χ1v) is 7.36. The zero-order valence-corrected chi connectivity index (χ0v) is 13.2. The highest BCUT2D eigenvalue weighted by Crippen LogP contribution is 2.19. The van der Waals surface area contributed by atoms with Crippen LogP contribution in [0.2, 0.25) is 0 Å². The van der Waals surface area contributed by atoms with Crippen molar-refractivity contribution in [2.45, 2.75) is 26.2 Å². The summed E-state index contributed by atoms with van der Waals surface area (Å²) in [5.41, 5.74) is -0.509. The second-order valence-electron chi connectivity index (χ2n) is 5.14. The number of hydrogen-bond acceptors (Lipinski definition) is 5. The molecule has 0 bridgehead atoms. The van der Waals surface area contributed by atoms with Crippen LogP contribution in [0.15, 0.2) is 16.7 Å². The van der Waals surface area contributed by atoms with Crippen LogP contribution in [0.3, 0.4) is 0 Å². The quantitative estimate of drug-likeness (QED) is 0.738. The third-order valence-electron chi connectivity index (χ3n) is 3.12. The van der Waals surface area contributed by atoms with Gasteiger partial charge in [0, 0.05) is 12.8 Å². The van der Waals surface area contributed by atoms with Gasteiger partial charge in [-0.25, -0.2) is 13.2 Å². The molecule has 10 heteroatoms. The molecule has 0 aliphatic rings. The van der Waals surface area contributed by atoms with Crippen molar-refractivity contribution in [2.24, 2.45) is 0 Å². The lowest BCUT2D eigenvalue weighted by Crippen LogP contribution is -2.33. The maximum Gasteiger partial charge on any atom is 0.243 e. The SMILES string of the molecule is Cc1noc(CCCC(=O)NCC(=O)Nc2ccc(F)c(F)c2F)n1. The van der Waals surface area contributed by atoms with Gasteiger partial charge in [-0.1, -0.05) is 5.16 Å². The van der Waals surface area contributed by atoms with Gasteiger partial charge in [0.05, 0.1) is 12.2 Å². The van der Waals surface area contributed by atoms with Gasteiger partial charge in [-0.2, -0.15) is 4.98 Å². The highest BCUT2D eigenvalue weighted by molar-refractivity contribution is 5.94.